The molecule has 96 valence electrons. The fourth-order valence-corrected chi connectivity index (χ4v) is 2.81. The smallest absolute Gasteiger partial charge is 0.191 e. The average Bonchev–Trinajstić information content (AvgIpc) is 2.78. The Hall–Kier alpha value is -1.33. The monoisotopic (exact) mass is 262 g/mol. The molecule has 0 aliphatic heterocycles. The highest BCUT2D eigenvalue weighted by Crippen LogP contribution is 2.22. The van der Waals surface area contributed by atoms with Crippen LogP contribution in [0.1, 0.15) is 23.9 Å². The summed E-state index contributed by atoms with van der Waals surface area (Å²) < 4.78 is 2.07. The molecule has 1 aromatic carbocycles. The third-order valence-corrected chi connectivity index (χ3v) is 3.78. The molecule has 0 aliphatic rings. The van der Waals surface area contributed by atoms with E-state index in [2.05, 4.69) is 52.9 Å². The number of rotatable bonds is 5. The second-order valence-corrected chi connectivity index (χ2v) is 5.07. The maximum absolute atomic E-state index is 5.63. The molecule has 2 N–H and O–H groups in total. The van der Waals surface area contributed by atoms with E-state index >= 15 is 0 Å². The minimum absolute atomic E-state index is 0.436. The number of aryl methyl sites for hydroxylation is 1. The largest absolute Gasteiger partial charge is 0.324 e. The summed E-state index contributed by atoms with van der Waals surface area (Å²) in [6, 6.07) is 8.52. The Kier molecular flexibility index (Phi) is 4.38. The van der Waals surface area contributed by atoms with Crippen LogP contribution in [0.15, 0.2) is 29.4 Å². The summed E-state index contributed by atoms with van der Waals surface area (Å²) in [5.41, 5.74) is 8.22. The molecule has 18 heavy (non-hydrogen) atoms. The van der Waals surface area contributed by atoms with Gasteiger partial charge in [0.2, 0.25) is 0 Å². The Labute approximate surface area is 112 Å². The van der Waals surface area contributed by atoms with Crippen molar-refractivity contribution in [3.05, 3.63) is 41.2 Å². The van der Waals surface area contributed by atoms with E-state index in [1.54, 1.807) is 11.8 Å². The van der Waals surface area contributed by atoms with E-state index < -0.39 is 0 Å². The van der Waals surface area contributed by atoms with Crippen molar-refractivity contribution in [1.29, 1.82) is 0 Å². The van der Waals surface area contributed by atoms with Crippen molar-refractivity contribution in [2.45, 2.75) is 37.8 Å². The standard InChI is InChI=1S/C13H18N4S/c1-3-17-12(8-14)15-16-13(17)18-9-11-6-4-5-10(2)7-11/h4-7H,3,8-9,14H2,1-2H3. The predicted octanol–water partition coefficient (Wildman–Crippen LogP) is 2.36. The molecule has 1 heterocycles. The zero-order chi connectivity index (χ0) is 13.0. The van der Waals surface area contributed by atoms with E-state index in [-0.39, 0.29) is 0 Å². The maximum atomic E-state index is 5.63. The quantitative estimate of drug-likeness (QED) is 0.840. The second kappa shape index (κ2) is 6.02. The van der Waals surface area contributed by atoms with Gasteiger partial charge in [0.15, 0.2) is 5.16 Å². The van der Waals surface area contributed by atoms with Gasteiger partial charge in [-0.05, 0) is 19.4 Å². The van der Waals surface area contributed by atoms with E-state index in [4.69, 9.17) is 5.73 Å². The summed E-state index contributed by atoms with van der Waals surface area (Å²) >= 11 is 1.70. The molecule has 0 spiro atoms. The number of hydrogen-bond acceptors (Lipinski definition) is 4. The normalized spacial score (nSPS) is 10.8. The van der Waals surface area contributed by atoms with Crippen molar-refractivity contribution in [3.63, 3.8) is 0 Å². The van der Waals surface area contributed by atoms with Crippen molar-refractivity contribution < 1.29 is 0 Å². The van der Waals surface area contributed by atoms with Crippen molar-refractivity contribution in [2.75, 3.05) is 0 Å². The van der Waals surface area contributed by atoms with E-state index in [9.17, 15) is 0 Å². The summed E-state index contributed by atoms with van der Waals surface area (Å²) in [6.45, 7) is 5.48. The molecule has 0 bridgehead atoms. The second-order valence-electron chi connectivity index (χ2n) is 4.12. The molecule has 0 fully saturated rings. The predicted molar refractivity (Wildman–Crippen MR) is 74.3 cm³/mol. The maximum Gasteiger partial charge on any atom is 0.191 e. The van der Waals surface area contributed by atoms with Crippen LogP contribution in [-0.4, -0.2) is 14.8 Å². The highest BCUT2D eigenvalue weighted by molar-refractivity contribution is 7.98. The molecule has 0 saturated heterocycles. The molecule has 2 rings (SSSR count). The van der Waals surface area contributed by atoms with Crippen molar-refractivity contribution in [2.24, 2.45) is 5.73 Å². The SMILES string of the molecule is CCn1c(CN)nnc1SCc1cccc(C)c1. The van der Waals surface area contributed by atoms with Crippen LogP contribution in [0.5, 0.6) is 0 Å². The minimum atomic E-state index is 0.436. The molecule has 5 heteroatoms. The fourth-order valence-electron chi connectivity index (χ4n) is 1.84. The van der Waals surface area contributed by atoms with Crippen molar-refractivity contribution in [3.8, 4) is 0 Å². The fraction of sp³-hybridized carbons (Fsp3) is 0.385. The molecular weight excluding hydrogens is 244 g/mol. The van der Waals surface area contributed by atoms with E-state index in [0.717, 1.165) is 23.3 Å². The van der Waals surface area contributed by atoms with Gasteiger partial charge in [0.1, 0.15) is 5.82 Å². The Morgan fingerprint density at radius 2 is 2.17 bits per heavy atom. The van der Waals surface area contributed by atoms with Crippen LogP contribution in [0.3, 0.4) is 0 Å². The lowest BCUT2D eigenvalue weighted by atomic mass is 10.2. The van der Waals surface area contributed by atoms with Gasteiger partial charge in [-0.25, -0.2) is 0 Å². The van der Waals surface area contributed by atoms with Gasteiger partial charge in [0, 0.05) is 12.3 Å². The van der Waals surface area contributed by atoms with Crippen LogP contribution in [0.25, 0.3) is 0 Å². The molecule has 1 aromatic heterocycles. The van der Waals surface area contributed by atoms with Crippen LogP contribution in [-0.2, 0) is 18.8 Å². The molecule has 0 radical (unpaired) electrons. The topological polar surface area (TPSA) is 56.7 Å². The Morgan fingerprint density at radius 3 is 2.83 bits per heavy atom. The van der Waals surface area contributed by atoms with Gasteiger partial charge in [0.05, 0.1) is 6.54 Å². The number of aromatic nitrogens is 3. The van der Waals surface area contributed by atoms with E-state index in [1.807, 2.05) is 0 Å². The molecule has 0 aliphatic carbocycles. The third-order valence-electron chi connectivity index (χ3n) is 2.74. The van der Waals surface area contributed by atoms with Crippen molar-refractivity contribution in [1.82, 2.24) is 14.8 Å². The van der Waals surface area contributed by atoms with Crippen molar-refractivity contribution >= 4 is 11.8 Å². The lowest BCUT2D eigenvalue weighted by Crippen LogP contribution is -2.08. The lowest BCUT2D eigenvalue weighted by molar-refractivity contribution is 0.643. The molecule has 0 unspecified atom stereocenters. The molecule has 0 amide bonds. The Morgan fingerprint density at radius 1 is 1.33 bits per heavy atom. The zero-order valence-corrected chi connectivity index (χ0v) is 11.6. The Balaban J connectivity index is 2.08. The van der Waals surface area contributed by atoms with E-state index in [1.165, 1.54) is 11.1 Å². The zero-order valence-electron chi connectivity index (χ0n) is 10.8. The van der Waals surface area contributed by atoms with Crippen LogP contribution < -0.4 is 5.73 Å². The molecule has 0 atom stereocenters. The number of thioether (sulfide) groups is 1. The molecule has 0 saturated carbocycles. The number of benzene rings is 1. The number of hydrogen-bond donors (Lipinski definition) is 1. The van der Waals surface area contributed by atoms with Gasteiger partial charge in [-0.2, -0.15) is 0 Å². The van der Waals surface area contributed by atoms with Crippen LogP contribution in [0, 0.1) is 6.92 Å². The third kappa shape index (κ3) is 2.91. The number of nitrogens with two attached hydrogens (primary N) is 1. The summed E-state index contributed by atoms with van der Waals surface area (Å²) in [6.07, 6.45) is 0. The van der Waals surface area contributed by atoms with Gasteiger partial charge in [-0.15, -0.1) is 10.2 Å². The molecule has 4 nitrogen and oxygen atoms in total. The van der Waals surface area contributed by atoms with Gasteiger partial charge >= 0.3 is 0 Å². The minimum Gasteiger partial charge on any atom is -0.324 e. The molecule has 2 aromatic rings. The van der Waals surface area contributed by atoms with Gasteiger partial charge < -0.3 is 10.3 Å². The highest BCUT2D eigenvalue weighted by Gasteiger charge is 2.09. The van der Waals surface area contributed by atoms with Crippen LogP contribution in [0.4, 0.5) is 0 Å². The first-order chi connectivity index (χ1) is 8.74. The number of nitrogens with zero attached hydrogens (tertiary/aromatic N) is 3. The first-order valence-corrected chi connectivity index (χ1v) is 7.03. The first-order valence-electron chi connectivity index (χ1n) is 6.05. The summed E-state index contributed by atoms with van der Waals surface area (Å²) in [7, 11) is 0. The summed E-state index contributed by atoms with van der Waals surface area (Å²) in [4.78, 5) is 0. The van der Waals surface area contributed by atoms with Gasteiger partial charge in [-0.3, -0.25) is 0 Å². The first kappa shape index (κ1) is 13.1. The molecular formula is C13H18N4S. The Bertz CT molecular complexity index is 521. The lowest BCUT2D eigenvalue weighted by Gasteiger charge is -2.06. The highest BCUT2D eigenvalue weighted by atomic mass is 32.2. The van der Waals surface area contributed by atoms with E-state index in [0.29, 0.717) is 6.54 Å². The van der Waals surface area contributed by atoms with Gasteiger partial charge in [0.25, 0.3) is 0 Å². The average molecular weight is 262 g/mol. The van der Waals surface area contributed by atoms with Crippen LogP contribution >= 0.6 is 11.8 Å². The summed E-state index contributed by atoms with van der Waals surface area (Å²) in [5.74, 6) is 1.76. The summed E-state index contributed by atoms with van der Waals surface area (Å²) in [5, 5.41) is 9.24. The van der Waals surface area contributed by atoms with Crippen LogP contribution in [0.2, 0.25) is 0 Å². The van der Waals surface area contributed by atoms with Gasteiger partial charge in [-0.1, -0.05) is 41.6 Å².